The molecule has 1 unspecified atom stereocenters. The van der Waals surface area contributed by atoms with Gasteiger partial charge in [0.2, 0.25) is 0 Å². The van der Waals surface area contributed by atoms with Crippen LogP contribution < -0.4 is 4.90 Å². The summed E-state index contributed by atoms with van der Waals surface area (Å²) in [6.07, 6.45) is 0. The summed E-state index contributed by atoms with van der Waals surface area (Å²) in [4.78, 5) is 15.2. The molecule has 0 saturated carbocycles. The van der Waals surface area contributed by atoms with Crippen LogP contribution in [-0.2, 0) is 0 Å². The molecule has 1 aromatic carbocycles. The van der Waals surface area contributed by atoms with Gasteiger partial charge in [-0.2, -0.15) is 0 Å². The average Bonchev–Trinajstić information content (AvgIpc) is 2.32. The molecule has 2 rings (SSSR count). The lowest BCUT2D eigenvalue weighted by molar-refractivity contribution is -0.384. The molecule has 0 spiro atoms. The number of nitro benzene ring substituents is 1. The van der Waals surface area contributed by atoms with Crippen LogP contribution in [0.4, 0.5) is 11.4 Å². The Balaban J connectivity index is 2.30. The molecule has 1 atom stereocenters. The second-order valence-electron chi connectivity index (χ2n) is 4.67. The van der Waals surface area contributed by atoms with E-state index in [9.17, 15) is 10.1 Å². The standard InChI is InChI=1S/C12H16BrN3O2/c1-9-8-15(6-5-14(9)2)11-4-3-10(13)7-12(11)16(17)18/h3-4,7,9H,5-6,8H2,1-2H3. The molecule has 1 aromatic rings. The Morgan fingerprint density at radius 3 is 2.78 bits per heavy atom. The van der Waals surface area contributed by atoms with Crippen LogP contribution in [0.3, 0.4) is 0 Å². The van der Waals surface area contributed by atoms with Crippen LogP contribution in [0.25, 0.3) is 0 Å². The van der Waals surface area contributed by atoms with Crippen LogP contribution in [-0.4, -0.2) is 42.5 Å². The van der Waals surface area contributed by atoms with Crippen LogP contribution in [0, 0.1) is 10.1 Å². The van der Waals surface area contributed by atoms with Gasteiger partial charge < -0.3 is 9.80 Å². The largest absolute Gasteiger partial charge is 0.363 e. The van der Waals surface area contributed by atoms with Crippen molar-refractivity contribution in [2.45, 2.75) is 13.0 Å². The van der Waals surface area contributed by atoms with Crippen molar-refractivity contribution < 1.29 is 4.92 Å². The van der Waals surface area contributed by atoms with Gasteiger partial charge in [0, 0.05) is 36.2 Å². The molecule has 0 N–H and O–H groups in total. The van der Waals surface area contributed by atoms with Gasteiger partial charge in [-0.15, -0.1) is 0 Å². The Hall–Kier alpha value is -1.14. The first-order valence-corrected chi connectivity index (χ1v) is 6.67. The van der Waals surface area contributed by atoms with Crippen molar-refractivity contribution in [1.82, 2.24) is 4.90 Å². The van der Waals surface area contributed by atoms with Crippen molar-refractivity contribution in [3.63, 3.8) is 0 Å². The van der Waals surface area contributed by atoms with E-state index >= 15 is 0 Å². The summed E-state index contributed by atoms with van der Waals surface area (Å²) in [6, 6.07) is 5.64. The molecule has 0 aliphatic carbocycles. The van der Waals surface area contributed by atoms with E-state index in [-0.39, 0.29) is 10.6 Å². The molecule has 1 heterocycles. The molecule has 0 radical (unpaired) electrons. The summed E-state index contributed by atoms with van der Waals surface area (Å²) in [5.41, 5.74) is 0.879. The molecule has 5 nitrogen and oxygen atoms in total. The minimum absolute atomic E-state index is 0.168. The summed E-state index contributed by atoms with van der Waals surface area (Å²) >= 11 is 3.28. The third kappa shape index (κ3) is 2.64. The number of hydrogen-bond acceptors (Lipinski definition) is 4. The molecule has 18 heavy (non-hydrogen) atoms. The quantitative estimate of drug-likeness (QED) is 0.622. The van der Waals surface area contributed by atoms with Gasteiger partial charge in [-0.3, -0.25) is 10.1 Å². The van der Waals surface area contributed by atoms with E-state index in [0.717, 1.165) is 24.1 Å². The maximum Gasteiger partial charge on any atom is 0.293 e. The van der Waals surface area contributed by atoms with Crippen molar-refractivity contribution >= 4 is 27.3 Å². The molecule has 98 valence electrons. The maximum atomic E-state index is 11.1. The molecule has 0 bridgehead atoms. The molecular formula is C12H16BrN3O2. The normalized spacial score (nSPS) is 21.1. The van der Waals surface area contributed by atoms with Crippen molar-refractivity contribution in [2.24, 2.45) is 0 Å². The number of nitrogens with zero attached hydrogens (tertiary/aromatic N) is 3. The first-order valence-electron chi connectivity index (χ1n) is 5.88. The van der Waals surface area contributed by atoms with Crippen LogP contribution in [0.15, 0.2) is 22.7 Å². The number of likely N-dealkylation sites (N-methyl/N-ethyl adjacent to an activating group) is 1. The van der Waals surface area contributed by atoms with Crippen molar-refractivity contribution in [1.29, 1.82) is 0 Å². The van der Waals surface area contributed by atoms with Gasteiger partial charge >= 0.3 is 0 Å². The minimum Gasteiger partial charge on any atom is -0.363 e. The lowest BCUT2D eigenvalue weighted by Gasteiger charge is -2.38. The second-order valence-corrected chi connectivity index (χ2v) is 5.58. The minimum atomic E-state index is -0.316. The Morgan fingerprint density at radius 1 is 1.44 bits per heavy atom. The number of anilines is 1. The topological polar surface area (TPSA) is 49.6 Å². The second kappa shape index (κ2) is 5.24. The van der Waals surface area contributed by atoms with E-state index in [1.54, 1.807) is 6.07 Å². The molecular weight excluding hydrogens is 298 g/mol. The van der Waals surface area contributed by atoms with E-state index in [1.807, 2.05) is 12.1 Å². The van der Waals surface area contributed by atoms with E-state index in [4.69, 9.17) is 0 Å². The fraction of sp³-hybridized carbons (Fsp3) is 0.500. The Morgan fingerprint density at radius 2 is 2.17 bits per heavy atom. The number of benzene rings is 1. The number of hydrogen-bond donors (Lipinski definition) is 0. The van der Waals surface area contributed by atoms with Gasteiger partial charge in [-0.1, -0.05) is 15.9 Å². The monoisotopic (exact) mass is 313 g/mol. The third-order valence-electron chi connectivity index (χ3n) is 3.43. The Bertz CT molecular complexity index is 467. The van der Waals surface area contributed by atoms with Crippen molar-refractivity contribution in [2.75, 3.05) is 31.6 Å². The molecule has 1 fully saturated rings. The zero-order chi connectivity index (χ0) is 13.3. The highest BCUT2D eigenvalue weighted by Gasteiger charge is 2.26. The predicted molar refractivity (Wildman–Crippen MR) is 75.1 cm³/mol. The van der Waals surface area contributed by atoms with Crippen LogP contribution in [0.1, 0.15) is 6.92 Å². The van der Waals surface area contributed by atoms with Gasteiger partial charge in [0.15, 0.2) is 0 Å². The molecule has 1 aliphatic heterocycles. The molecule has 1 saturated heterocycles. The van der Waals surface area contributed by atoms with Crippen LogP contribution in [0.2, 0.25) is 0 Å². The van der Waals surface area contributed by atoms with Gasteiger partial charge in [-0.05, 0) is 26.1 Å². The Labute approximate surface area is 115 Å². The first-order chi connectivity index (χ1) is 8.49. The Kier molecular flexibility index (Phi) is 3.87. The number of piperazine rings is 1. The summed E-state index contributed by atoms with van der Waals surface area (Å²) in [5.74, 6) is 0. The van der Waals surface area contributed by atoms with Crippen LogP contribution >= 0.6 is 15.9 Å². The molecule has 6 heteroatoms. The van der Waals surface area contributed by atoms with E-state index in [2.05, 4.69) is 39.7 Å². The number of nitro groups is 1. The SMILES string of the molecule is CC1CN(c2ccc(Br)cc2[N+](=O)[O-])CCN1C. The van der Waals surface area contributed by atoms with Gasteiger partial charge in [0.1, 0.15) is 5.69 Å². The predicted octanol–water partition coefficient (Wildman–Crippen LogP) is 2.50. The first kappa shape index (κ1) is 13.3. The maximum absolute atomic E-state index is 11.1. The fourth-order valence-electron chi connectivity index (χ4n) is 2.18. The summed E-state index contributed by atoms with van der Waals surface area (Å²) in [5, 5.41) is 11.1. The van der Waals surface area contributed by atoms with Crippen molar-refractivity contribution in [3.05, 3.63) is 32.8 Å². The lowest BCUT2D eigenvalue weighted by Crippen LogP contribution is -2.50. The highest BCUT2D eigenvalue weighted by molar-refractivity contribution is 9.10. The highest BCUT2D eigenvalue weighted by Crippen LogP contribution is 2.32. The smallest absolute Gasteiger partial charge is 0.293 e. The third-order valence-corrected chi connectivity index (χ3v) is 3.93. The zero-order valence-electron chi connectivity index (χ0n) is 10.5. The average molecular weight is 314 g/mol. The van der Waals surface area contributed by atoms with Gasteiger partial charge in [-0.25, -0.2) is 0 Å². The number of rotatable bonds is 2. The van der Waals surface area contributed by atoms with Crippen LogP contribution in [0.5, 0.6) is 0 Å². The molecule has 1 aliphatic rings. The molecule has 0 amide bonds. The van der Waals surface area contributed by atoms with E-state index in [1.165, 1.54) is 0 Å². The fourth-order valence-corrected chi connectivity index (χ4v) is 2.53. The highest BCUT2D eigenvalue weighted by atomic mass is 79.9. The van der Waals surface area contributed by atoms with E-state index in [0.29, 0.717) is 11.7 Å². The summed E-state index contributed by atoms with van der Waals surface area (Å²) in [7, 11) is 2.08. The van der Waals surface area contributed by atoms with Gasteiger partial charge in [0.25, 0.3) is 5.69 Å². The molecule has 0 aromatic heterocycles. The lowest BCUT2D eigenvalue weighted by atomic mass is 10.1. The summed E-state index contributed by atoms with van der Waals surface area (Å²) < 4.78 is 0.736. The number of halogens is 1. The summed E-state index contributed by atoms with van der Waals surface area (Å²) in [6.45, 7) is 4.70. The van der Waals surface area contributed by atoms with Crippen molar-refractivity contribution in [3.8, 4) is 0 Å². The zero-order valence-corrected chi connectivity index (χ0v) is 12.1. The van der Waals surface area contributed by atoms with Gasteiger partial charge in [0.05, 0.1) is 4.92 Å². The van der Waals surface area contributed by atoms with E-state index < -0.39 is 0 Å².